The van der Waals surface area contributed by atoms with Crippen LogP contribution in [0, 0.1) is 6.92 Å². The minimum atomic E-state index is -0.449. The van der Waals surface area contributed by atoms with E-state index >= 15 is 0 Å². The number of methoxy groups -OCH3 is 2. The van der Waals surface area contributed by atoms with Crippen LogP contribution in [0.3, 0.4) is 0 Å². The lowest BCUT2D eigenvalue weighted by molar-refractivity contribution is -0.128. The van der Waals surface area contributed by atoms with Crippen LogP contribution < -0.4 is 14.2 Å². The third kappa shape index (κ3) is 4.12. The van der Waals surface area contributed by atoms with E-state index in [0.717, 1.165) is 11.1 Å². The zero-order chi connectivity index (χ0) is 15.9. The molecule has 0 aliphatic rings. The first-order valence-electron chi connectivity index (χ1n) is 6.81. The first-order valence-corrected chi connectivity index (χ1v) is 6.81. The van der Waals surface area contributed by atoms with Gasteiger partial charge < -0.3 is 14.2 Å². The molecular weight excluding hydrogens is 280 g/mol. The maximum atomic E-state index is 11.9. The van der Waals surface area contributed by atoms with Crippen LogP contribution in [-0.2, 0) is 4.79 Å². The quantitative estimate of drug-likeness (QED) is 0.480. The van der Waals surface area contributed by atoms with E-state index in [0.29, 0.717) is 17.2 Å². The number of aryl methyl sites for hydroxylation is 1. The summed E-state index contributed by atoms with van der Waals surface area (Å²) in [7, 11) is 3.16. The van der Waals surface area contributed by atoms with Crippen LogP contribution in [-0.4, -0.2) is 20.2 Å². The molecule has 2 aromatic rings. The topological polar surface area (TPSA) is 44.8 Å². The summed E-state index contributed by atoms with van der Waals surface area (Å²) < 4.78 is 15.7. The molecule has 114 valence electrons. The van der Waals surface area contributed by atoms with Crippen molar-refractivity contribution in [2.24, 2.45) is 0 Å². The molecule has 0 aromatic heterocycles. The molecule has 0 radical (unpaired) electrons. The van der Waals surface area contributed by atoms with Gasteiger partial charge in [-0.3, -0.25) is 0 Å². The second-order valence-corrected chi connectivity index (χ2v) is 4.68. The Morgan fingerprint density at radius 3 is 2.50 bits per heavy atom. The predicted octanol–water partition coefficient (Wildman–Crippen LogP) is 3.63. The third-order valence-electron chi connectivity index (χ3n) is 3.04. The number of ether oxygens (including phenoxy) is 3. The van der Waals surface area contributed by atoms with Crippen LogP contribution in [0.1, 0.15) is 11.1 Å². The fourth-order valence-electron chi connectivity index (χ4n) is 1.96. The van der Waals surface area contributed by atoms with Crippen molar-refractivity contribution in [2.75, 3.05) is 14.2 Å². The molecule has 0 spiro atoms. The number of hydrogen-bond acceptors (Lipinski definition) is 4. The van der Waals surface area contributed by atoms with E-state index in [4.69, 9.17) is 14.2 Å². The lowest BCUT2D eigenvalue weighted by Gasteiger charge is -2.07. The van der Waals surface area contributed by atoms with E-state index in [2.05, 4.69) is 0 Å². The van der Waals surface area contributed by atoms with Crippen molar-refractivity contribution in [3.05, 3.63) is 59.7 Å². The van der Waals surface area contributed by atoms with E-state index in [9.17, 15) is 4.79 Å². The molecule has 2 rings (SSSR count). The molecule has 0 N–H and O–H groups in total. The molecule has 0 atom stereocenters. The van der Waals surface area contributed by atoms with Crippen molar-refractivity contribution >= 4 is 12.0 Å². The van der Waals surface area contributed by atoms with Crippen LogP contribution in [0.4, 0.5) is 0 Å². The minimum absolute atomic E-state index is 0.449. The predicted molar refractivity (Wildman–Crippen MR) is 85.4 cm³/mol. The summed E-state index contributed by atoms with van der Waals surface area (Å²) in [6.07, 6.45) is 3.00. The van der Waals surface area contributed by atoms with Crippen molar-refractivity contribution in [1.82, 2.24) is 0 Å². The zero-order valence-corrected chi connectivity index (χ0v) is 12.8. The van der Waals surface area contributed by atoms with Gasteiger partial charge in [-0.25, -0.2) is 4.79 Å². The molecule has 22 heavy (non-hydrogen) atoms. The average Bonchev–Trinajstić information content (AvgIpc) is 2.52. The van der Waals surface area contributed by atoms with Gasteiger partial charge in [0.25, 0.3) is 0 Å². The van der Waals surface area contributed by atoms with E-state index in [-0.39, 0.29) is 0 Å². The molecule has 0 unspecified atom stereocenters. The van der Waals surface area contributed by atoms with Crippen molar-refractivity contribution in [3.63, 3.8) is 0 Å². The van der Waals surface area contributed by atoms with E-state index in [1.54, 1.807) is 50.6 Å². The maximum absolute atomic E-state index is 11.9. The van der Waals surface area contributed by atoms with Crippen molar-refractivity contribution in [3.8, 4) is 17.2 Å². The lowest BCUT2D eigenvalue weighted by atomic mass is 10.1. The number of hydrogen-bond donors (Lipinski definition) is 0. The summed E-state index contributed by atoms with van der Waals surface area (Å²) >= 11 is 0. The molecule has 0 fully saturated rings. The summed E-state index contributed by atoms with van der Waals surface area (Å²) in [5, 5.41) is 0. The van der Waals surface area contributed by atoms with Crippen LogP contribution in [0.25, 0.3) is 6.08 Å². The number of rotatable bonds is 5. The second kappa shape index (κ2) is 7.31. The van der Waals surface area contributed by atoms with E-state index in [1.807, 2.05) is 19.1 Å². The Morgan fingerprint density at radius 1 is 1.00 bits per heavy atom. The number of esters is 1. The molecule has 0 bridgehead atoms. The summed E-state index contributed by atoms with van der Waals surface area (Å²) in [6, 6.07) is 12.7. The van der Waals surface area contributed by atoms with Gasteiger partial charge >= 0.3 is 5.97 Å². The fraction of sp³-hybridized carbons (Fsp3) is 0.167. The van der Waals surface area contributed by atoms with Gasteiger partial charge in [-0.15, -0.1) is 0 Å². The normalized spacial score (nSPS) is 10.5. The fourth-order valence-corrected chi connectivity index (χ4v) is 1.96. The highest BCUT2D eigenvalue weighted by atomic mass is 16.5. The van der Waals surface area contributed by atoms with E-state index in [1.165, 1.54) is 6.08 Å². The maximum Gasteiger partial charge on any atom is 0.336 e. The number of carbonyl (C=O) groups is 1. The van der Waals surface area contributed by atoms with Crippen molar-refractivity contribution in [2.45, 2.75) is 6.92 Å². The zero-order valence-electron chi connectivity index (χ0n) is 12.8. The van der Waals surface area contributed by atoms with Gasteiger partial charge in [0.1, 0.15) is 17.2 Å². The Bertz CT molecular complexity index is 689. The van der Waals surface area contributed by atoms with Gasteiger partial charge in [0, 0.05) is 11.6 Å². The Hall–Kier alpha value is -2.75. The lowest BCUT2D eigenvalue weighted by Crippen LogP contribution is -2.03. The highest BCUT2D eigenvalue weighted by Gasteiger charge is 2.04. The van der Waals surface area contributed by atoms with Crippen LogP contribution in [0.2, 0.25) is 0 Å². The molecule has 0 aliphatic carbocycles. The van der Waals surface area contributed by atoms with E-state index < -0.39 is 5.97 Å². The molecule has 0 heterocycles. The number of carbonyl (C=O) groups excluding carboxylic acids is 1. The Labute approximate surface area is 129 Å². The summed E-state index contributed by atoms with van der Waals surface area (Å²) in [6.45, 7) is 1.94. The second-order valence-electron chi connectivity index (χ2n) is 4.68. The molecule has 4 nitrogen and oxygen atoms in total. The minimum Gasteiger partial charge on any atom is -0.497 e. The highest BCUT2D eigenvalue weighted by Crippen LogP contribution is 2.25. The van der Waals surface area contributed by atoms with Crippen LogP contribution in [0.15, 0.2) is 48.5 Å². The van der Waals surface area contributed by atoms with Gasteiger partial charge in [0.05, 0.1) is 14.2 Å². The molecule has 2 aromatic carbocycles. The largest absolute Gasteiger partial charge is 0.497 e. The molecular formula is C18H18O4. The molecule has 4 heteroatoms. The van der Waals surface area contributed by atoms with Crippen LogP contribution in [0.5, 0.6) is 17.2 Å². The SMILES string of the molecule is COc1ccc(OC)c(/C=C/C(=O)Oc2cccc(C)c2)c1. The third-order valence-corrected chi connectivity index (χ3v) is 3.04. The van der Waals surface area contributed by atoms with Crippen LogP contribution >= 0.6 is 0 Å². The first-order chi connectivity index (χ1) is 10.6. The van der Waals surface area contributed by atoms with Gasteiger partial charge in [0.15, 0.2) is 0 Å². The summed E-state index contributed by atoms with van der Waals surface area (Å²) in [4.78, 5) is 11.9. The summed E-state index contributed by atoms with van der Waals surface area (Å²) in [5.74, 6) is 1.41. The van der Waals surface area contributed by atoms with Gasteiger partial charge in [-0.05, 0) is 48.9 Å². The Morgan fingerprint density at radius 2 is 1.82 bits per heavy atom. The van der Waals surface area contributed by atoms with Gasteiger partial charge in [-0.1, -0.05) is 12.1 Å². The monoisotopic (exact) mass is 298 g/mol. The molecule has 0 saturated carbocycles. The smallest absolute Gasteiger partial charge is 0.336 e. The summed E-state index contributed by atoms with van der Waals surface area (Å²) in [5.41, 5.74) is 1.77. The first kappa shape index (κ1) is 15.6. The highest BCUT2D eigenvalue weighted by molar-refractivity contribution is 5.89. The van der Waals surface area contributed by atoms with Gasteiger partial charge in [-0.2, -0.15) is 0 Å². The number of benzene rings is 2. The van der Waals surface area contributed by atoms with Crippen molar-refractivity contribution < 1.29 is 19.0 Å². The molecule has 0 aliphatic heterocycles. The Balaban J connectivity index is 2.12. The Kier molecular flexibility index (Phi) is 5.20. The van der Waals surface area contributed by atoms with Crippen molar-refractivity contribution in [1.29, 1.82) is 0 Å². The molecule has 0 amide bonds. The van der Waals surface area contributed by atoms with Gasteiger partial charge in [0.2, 0.25) is 0 Å². The molecule has 0 saturated heterocycles. The average molecular weight is 298 g/mol. The standard InChI is InChI=1S/C18H18O4/c1-13-5-4-6-16(11-13)22-18(19)10-7-14-12-15(20-2)8-9-17(14)21-3/h4-12H,1-3H3/b10-7+.